The maximum atomic E-state index is 12.0. The van der Waals surface area contributed by atoms with Crippen LogP contribution in [0, 0.1) is 0 Å². The smallest absolute Gasteiger partial charge is 0.263 e. The summed E-state index contributed by atoms with van der Waals surface area (Å²) in [5, 5.41) is 9.08. The largest absolute Gasteiger partial charge is 0.504 e. The molecular formula is C8H8F2O2. The molecule has 1 rings (SSSR count). The van der Waals surface area contributed by atoms with Crippen LogP contribution in [0.5, 0.6) is 11.5 Å². The molecule has 2 nitrogen and oxygen atoms in total. The van der Waals surface area contributed by atoms with Gasteiger partial charge in [0.15, 0.2) is 11.5 Å². The highest BCUT2D eigenvalue weighted by Gasteiger charge is 2.09. The summed E-state index contributed by atoms with van der Waals surface area (Å²) >= 11 is 0. The Balaban J connectivity index is 3.02. The van der Waals surface area contributed by atoms with Crippen LogP contribution < -0.4 is 4.74 Å². The molecule has 1 N–H and O–H groups in total. The van der Waals surface area contributed by atoms with E-state index in [0.717, 1.165) is 6.07 Å². The zero-order valence-electron chi connectivity index (χ0n) is 6.42. The highest BCUT2D eigenvalue weighted by atomic mass is 19.3. The Morgan fingerprint density at radius 3 is 2.50 bits per heavy atom. The fourth-order valence-corrected chi connectivity index (χ4v) is 0.843. The number of ether oxygens (including phenoxy) is 1. The third-order valence-corrected chi connectivity index (χ3v) is 1.45. The fourth-order valence-electron chi connectivity index (χ4n) is 0.843. The number of methoxy groups -OCH3 is 1. The average Bonchev–Trinajstić information content (AvgIpc) is 2.04. The molecule has 0 saturated carbocycles. The summed E-state index contributed by atoms with van der Waals surface area (Å²) in [6, 6.07) is 3.50. The van der Waals surface area contributed by atoms with E-state index in [1.54, 1.807) is 0 Å². The molecule has 1 aromatic rings. The van der Waals surface area contributed by atoms with Crippen LogP contribution >= 0.6 is 0 Å². The average molecular weight is 174 g/mol. The first-order valence-electron chi connectivity index (χ1n) is 3.30. The van der Waals surface area contributed by atoms with Crippen LogP contribution in [0.3, 0.4) is 0 Å². The van der Waals surface area contributed by atoms with E-state index in [4.69, 9.17) is 5.11 Å². The van der Waals surface area contributed by atoms with E-state index in [1.165, 1.54) is 19.2 Å². The molecule has 12 heavy (non-hydrogen) atoms. The van der Waals surface area contributed by atoms with Crippen molar-refractivity contribution in [1.29, 1.82) is 0 Å². The highest BCUT2D eigenvalue weighted by Crippen LogP contribution is 2.30. The predicted octanol–water partition coefficient (Wildman–Crippen LogP) is 2.34. The minimum Gasteiger partial charge on any atom is -0.504 e. The van der Waals surface area contributed by atoms with E-state index in [-0.39, 0.29) is 17.1 Å². The maximum Gasteiger partial charge on any atom is 0.263 e. The molecule has 0 heterocycles. The number of hydrogen-bond donors (Lipinski definition) is 1. The number of alkyl halides is 2. The van der Waals surface area contributed by atoms with Crippen LogP contribution in [-0.2, 0) is 0 Å². The number of halogens is 2. The third-order valence-electron chi connectivity index (χ3n) is 1.45. The zero-order chi connectivity index (χ0) is 9.14. The van der Waals surface area contributed by atoms with E-state index in [9.17, 15) is 8.78 Å². The highest BCUT2D eigenvalue weighted by molar-refractivity contribution is 5.41. The van der Waals surface area contributed by atoms with Crippen molar-refractivity contribution < 1.29 is 18.6 Å². The molecule has 0 bridgehead atoms. The normalized spacial score (nSPS) is 10.3. The molecule has 0 aliphatic carbocycles. The van der Waals surface area contributed by atoms with Crippen molar-refractivity contribution in [2.75, 3.05) is 7.11 Å². The van der Waals surface area contributed by atoms with Crippen LogP contribution in [0.2, 0.25) is 0 Å². The lowest BCUT2D eigenvalue weighted by Crippen LogP contribution is -1.87. The summed E-state index contributed by atoms with van der Waals surface area (Å²) in [6.45, 7) is 0. The number of phenolic OH excluding ortho intramolecular Hbond substituents is 1. The monoisotopic (exact) mass is 174 g/mol. The van der Waals surface area contributed by atoms with Crippen LogP contribution in [0.25, 0.3) is 0 Å². The molecule has 0 aliphatic rings. The Bertz CT molecular complexity index is 274. The number of aromatic hydroxyl groups is 1. The van der Waals surface area contributed by atoms with Gasteiger partial charge in [0.05, 0.1) is 7.11 Å². The number of benzene rings is 1. The molecule has 4 heteroatoms. The second-order valence-corrected chi connectivity index (χ2v) is 2.23. The Morgan fingerprint density at radius 2 is 2.08 bits per heavy atom. The quantitative estimate of drug-likeness (QED) is 0.745. The molecule has 1 aromatic carbocycles. The molecule has 0 amide bonds. The standard InChI is InChI=1S/C8H8F2O2/c1-12-7-3-2-5(8(9)10)4-6(7)11/h2-4,8,11H,1H3. The molecule has 66 valence electrons. The second kappa shape index (κ2) is 3.38. The van der Waals surface area contributed by atoms with Gasteiger partial charge in [-0.3, -0.25) is 0 Å². The Labute approximate surface area is 68.4 Å². The molecule has 0 unspecified atom stereocenters. The minimum atomic E-state index is -2.57. The Hall–Kier alpha value is -1.32. The molecule has 0 radical (unpaired) electrons. The number of hydrogen-bond acceptors (Lipinski definition) is 2. The van der Waals surface area contributed by atoms with Crippen molar-refractivity contribution in [2.45, 2.75) is 6.43 Å². The van der Waals surface area contributed by atoms with Crippen molar-refractivity contribution in [3.8, 4) is 11.5 Å². The van der Waals surface area contributed by atoms with Crippen molar-refractivity contribution in [2.24, 2.45) is 0 Å². The predicted molar refractivity (Wildman–Crippen MR) is 39.6 cm³/mol. The molecule has 0 atom stereocenters. The molecule has 0 aliphatic heterocycles. The summed E-state index contributed by atoms with van der Waals surface area (Å²) < 4.78 is 28.7. The van der Waals surface area contributed by atoms with Crippen LogP contribution in [-0.4, -0.2) is 12.2 Å². The molecule has 0 saturated heterocycles. The summed E-state index contributed by atoms with van der Waals surface area (Å²) in [5.41, 5.74) is -0.215. The first kappa shape index (κ1) is 8.77. The van der Waals surface area contributed by atoms with Crippen molar-refractivity contribution in [1.82, 2.24) is 0 Å². The maximum absolute atomic E-state index is 12.0. The zero-order valence-corrected chi connectivity index (χ0v) is 6.42. The van der Waals surface area contributed by atoms with E-state index in [0.29, 0.717) is 0 Å². The Kier molecular flexibility index (Phi) is 2.47. The third kappa shape index (κ3) is 1.64. The van der Waals surface area contributed by atoms with E-state index < -0.39 is 6.43 Å². The van der Waals surface area contributed by atoms with Gasteiger partial charge in [0.1, 0.15) is 0 Å². The number of rotatable bonds is 2. The van der Waals surface area contributed by atoms with Crippen LogP contribution in [0.15, 0.2) is 18.2 Å². The van der Waals surface area contributed by atoms with Crippen molar-refractivity contribution >= 4 is 0 Å². The summed E-state index contributed by atoms with van der Waals surface area (Å²) in [6.07, 6.45) is -2.57. The van der Waals surface area contributed by atoms with Gasteiger partial charge in [-0.1, -0.05) is 0 Å². The molecule has 0 fully saturated rings. The van der Waals surface area contributed by atoms with Gasteiger partial charge in [0.2, 0.25) is 0 Å². The first-order chi connectivity index (χ1) is 5.65. The number of phenols is 1. The lowest BCUT2D eigenvalue weighted by molar-refractivity contribution is 0.151. The fraction of sp³-hybridized carbons (Fsp3) is 0.250. The Morgan fingerprint density at radius 1 is 1.42 bits per heavy atom. The second-order valence-electron chi connectivity index (χ2n) is 2.23. The van der Waals surface area contributed by atoms with Gasteiger partial charge < -0.3 is 9.84 Å². The van der Waals surface area contributed by atoms with Gasteiger partial charge in [0, 0.05) is 5.56 Å². The molecule has 0 spiro atoms. The van der Waals surface area contributed by atoms with Gasteiger partial charge in [-0.2, -0.15) is 0 Å². The topological polar surface area (TPSA) is 29.5 Å². The van der Waals surface area contributed by atoms with Crippen LogP contribution in [0.4, 0.5) is 8.78 Å². The van der Waals surface area contributed by atoms with Gasteiger partial charge >= 0.3 is 0 Å². The van der Waals surface area contributed by atoms with Gasteiger partial charge in [-0.05, 0) is 18.2 Å². The molecular weight excluding hydrogens is 166 g/mol. The van der Waals surface area contributed by atoms with Crippen molar-refractivity contribution in [3.63, 3.8) is 0 Å². The lowest BCUT2D eigenvalue weighted by Gasteiger charge is -2.04. The van der Waals surface area contributed by atoms with E-state index in [2.05, 4.69) is 4.74 Å². The summed E-state index contributed by atoms with van der Waals surface area (Å²) in [5.74, 6) is -0.0744. The lowest BCUT2D eigenvalue weighted by atomic mass is 10.2. The summed E-state index contributed by atoms with van der Waals surface area (Å²) in [4.78, 5) is 0. The van der Waals surface area contributed by atoms with Gasteiger partial charge in [0.25, 0.3) is 6.43 Å². The minimum absolute atomic E-state index is 0.194. The van der Waals surface area contributed by atoms with E-state index >= 15 is 0 Å². The SMILES string of the molecule is COc1ccc(C(F)F)cc1O. The van der Waals surface area contributed by atoms with Crippen LogP contribution in [0.1, 0.15) is 12.0 Å². The van der Waals surface area contributed by atoms with Gasteiger partial charge in [-0.15, -0.1) is 0 Å². The first-order valence-corrected chi connectivity index (χ1v) is 3.30. The van der Waals surface area contributed by atoms with Gasteiger partial charge in [-0.25, -0.2) is 8.78 Å². The van der Waals surface area contributed by atoms with Crippen molar-refractivity contribution in [3.05, 3.63) is 23.8 Å². The summed E-state index contributed by atoms with van der Waals surface area (Å²) in [7, 11) is 1.36. The van der Waals surface area contributed by atoms with E-state index in [1.807, 2.05) is 0 Å². The molecule has 0 aromatic heterocycles.